The average Bonchev–Trinajstić information content (AvgIpc) is 3.00. The van der Waals surface area contributed by atoms with Crippen LogP contribution < -0.4 is 10.6 Å². The quantitative estimate of drug-likeness (QED) is 0.205. The van der Waals surface area contributed by atoms with Crippen LogP contribution in [0.2, 0.25) is 0 Å². The van der Waals surface area contributed by atoms with Gasteiger partial charge in [0.1, 0.15) is 11.7 Å². The number of imide groups is 1. The molecule has 1 heterocycles. The van der Waals surface area contributed by atoms with Crippen LogP contribution in [-0.4, -0.2) is 46.7 Å². The zero-order valence-electron chi connectivity index (χ0n) is 17.7. The number of rotatable bonds is 9. The fourth-order valence-corrected chi connectivity index (χ4v) is 4.19. The van der Waals surface area contributed by atoms with Gasteiger partial charge >= 0.3 is 0 Å². The molecule has 0 aromatic heterocycles. The second-order valence-corrected chi connectivity index (χ2v) is 8.34. The van der Waals surface area contributed by atoms with E-state index in [-0.39, 0.29) is 54.3 Å². The lowest BCUT2D eigenvalue weighted by Crippen LogP contribution is -2.51. The summed E-state index contributed by atoms with van der Waals surface area (Å²) in [5, 5.41) is 16.8. The number of allylic oxidation sites excluding steroid dienone is 2. The lowest BCUT2D eigenvalue weighted by molar-refractivity contribution is -0.384. The molecular formula is C22H28N4O5. The normalized spacial score (nSPS) is 21.2. The Morgan fingerprint density at radius 3 is 2.32 bits per heavy atom. The van der Waals surface area contributed by atoms with Crippen LogP contribution in [0.1, 0.15) is 33.1 Å². The van der Waals surface area contributed by atoms with Crippen molar-refractivity contribution in [1.82, 2.24) is 10.2 Å². The number of carbonyl (C=O) groups excluding carboxylic acids is 3. The van der Waals surface area contributed by atoms with Crippen LogP contribution in [0.4, 0.5) is 11.4 Å². The highest BCUT2D eigenvalue weighted by atomic mass is 16.6. The number of amides is 3. The summed E-state index contributed by atoms with van der Waals surface area (Å²) in [6, 6.07) is 5.42. The van der Waals surface area contributed by atoms with E-state index in [0.29, 0.717) is 24.9 Å². The van der Waals surface area contributed by atoms with E-state index < -0.39 is 11.0 Å². The first-order valence-electron chi connectivity index (χ1n) is 10.6. The molecule has 0 spiro atoms. The number of benzene rings is 1. The van der Waals surface area contributed by atoms with Crippen LogP contribution in [0.15, 0.2) is 36.4 Å². The fourth-order valence-electron chi connectivity index (χ4n) is 4.19. The molecule has 9 heteroatoms. The van der Waals surface area contributed by atoms with Crippen molar-refractivity contribution in [3.63, 3.8) is 0 Å². The van der Waals surface area contributed by atoms with Gasteiger partial charge in [0.05, 0.1) is 16.8 Å². The van der Waals surface area contributed by atoms with Crippen molar-refractivity contribution in [1.29, 1.82) is 0 Å². The molecule has 166 valence electrons. The summed E-state index contributed by atoms with van der Waals surface area (Å²) >= 11 is 0. The third-order valence-electron chi connectivity index (χ3n) is 5.69. The monoisotopic (exact) mass is 428 g/mol. The summed E-state index contributed by atoms with van der Waals surface area (Å²) in [5.41, 5.74) is 0.318. The van der Waals surface area contributed by atoms with Gasteiger partial charge in [-0.15, -0.1) is 0 Å². The minimum atomic E-state index is -0.850. The highest BCUT2D eigenvalue weighted by Crippen LogP contribution is 2.37. The van der Waals surface area contributed by atoms with Gasteiger partial charge in [-0.1, -0.05) is 38.1 Å². The van der Waals surface area contributed by atoms with Crippen molar-refractivity contribution < 1.29 is 19.3 Å². The molecule has 31 heavy (non-hydrogen) atoms. The lowest BCUT2D eigenvalue weighted by atomic mass is 9.85. The maximum Gasteiger partial charge on any atom is 0.292 e. The summed E-state index contributed by atoms with van der Waals surface area (Å²) in [6.45, 7) is 4.35. The highest BCUT2D eigenvalue weighted by molar-refractivity contribution is 6.08. The number of carbonyl (C=O) groups is 3. The van der Waals surface area contributed by atoms with E-state index in [1.165, 1.54) is 11.0 Å². The molecule has 3 atom stereocenters. The van der Waals surface area contributed by atoms with Gasteiger partial charge in [0.25, 0.3) is 5.69 Å². The molecule has 0 radical (unpaired) electrons. The second-order valence-electron chi connectivity index (χ2n) is 8.34. The smallest absolute Gasteiger partial charge is 0.292 e. The van der Waals surface area contributed by atoms with Crippen molar-refractivity contribution in [2.75, 3.05) is 18.4 Å². The Labute approximate surface area is 181 Å². The van der Waals surface area contributed by atoms with E-state index in [0.717, 1.165) is 0 Å². The maximum absolute atomic E-state index is 12.9. The molecule has 0 saturated carbocycles. The molecule has 2 aliphatic rings. The van der Waals surface area contributed by atoms with Gasteiger partial charge in [-0.05, 0) is 31.2 Å². The van der Waals surface area contributed by atoms with E-state index >= 15 is 0 Å². The first-order chi connectivity index (χ1) is 14.8. The van der Waals surface area contributed by atoms with Gasteiger partial charge in [-0.2, -0.15) is 0 Å². The van der Waals surface area contributed by atoms with Crippen LogP contribution in [0, 0.1) is 27.9 Å². The molecule has 3 amide bonds. The molecule has 0 bridgehead atoms. The van der Waals surface area contributed by atoms with Gasteiger partial charge in [-0.25, -0.2) is 0 Å². The molecule has 1 saturated heterocycles. The van der Waals surface area contributed by atoms with Gasteiger partial charge < -0.3 is 10.6 Å². The van der Waals surface area contributed by atoms with E-state index in [4.69, 9.17) is 0 Å². The second kappa shape index (κ2) is 9.72. The molecule has 1 aromatic carbocycles. The number of nitro benzene ring substituents is 1. The Balaban J connectivity index is 1.63. The number of para-hydroxylation sites is 2. The largest absolute Gasteiger partial charge is 0.378 e. The van der Waals surface area contributed by atoms with Crippen LogP contribution in [-0.2, 0) is 14.4 Å². The molecule has 1 aliphatic heterocycles. The average molecular weight is 428 g/mol. The molecular weight excluding hydrogens is 400 g/mol. The standard InChI is InChI=1S/C22H28N4O5/c1-14(2)13-19(25-21(28)15-7-3-4-8-16(15)22(25)29)20(27)24-12-11-23-17-9-5-6-10-18(17)26(30)31/h3-6,9-10,14-16,19,23H,7-8,11-13H2,1-2H3,(H,24,27). The van der Waals surface area contributed by atoms with E-state index in [9.17, 15) is 24.5 Å². The van der Waals surface area contributed by atoms with E-state index in [1.807, 2.05) is 26.0 Å². The molecule has 2 N–H and O–H groups in total. The molecule has 1 fully saturated rings. The molecule has 1 aliphatic carbocycles. The Kier molecular flexibility index (Phi) is 7.04. The Morgan fingerprint density at radius 2 is 1.74 bits per heavy atom. The first kappa shape index (κ1) is 22.5. The zero-order chi connectivity index (χ0) is 22.5. The Bertz CT molecular complexity index is 872. The predicted molar refractivity (Wildman–Crippen MR) is 115 cm³/mol. The third kappa shape index (κ3) is 4.92. The van der Waals surface area contributed by atoms with Crippen molar-refractivity contribution in [3.8, 4) is 0 Å². The number of fused-ring (bicyclic) bond motifs is 1. The van der Waals surface area contributed by atoms with Crippen molar-refractivity contribution in [2.24, 2.45) is 17.8 Å². The van der Waals surface area contributed by atoms with Crippen LogP contribution in [0.5, 0.6) is 0 Å². The van der Waals surface area contributed by atoms with Crippen LogP contribution in [0.3, 0.4) is 0 Å². The molecule has 9 nitrogen and oxygen atoms in total. The minimum Gasteiger partial charge on any atom is -0.378 e. The third-order valence-corrected chi connectivity index (χ3v) is 5.69. The number of hydrogen-bond acceptors (Lipinski definition) is 6. The Morgan fingerprint density at radius 1 is 1.13 bits per heavy atom. The Hall–Kier alpha value is -3.23. The molecule has 3 unspecified atom stereocenters. The predicted octanol–water partition coefficient (Wildman–Crippen LogP) is 2.49. The highest BCUT2D eigenvalue weighted by Gasteiger charge is 2.51. The number of hydrogen-bond donors (Lipinski definition) is 2. The SMILES string of the molecule is CC(C)CC(C(=O)NCCNc1ccccc1[N+](=O)[O-])N1C(=O)C2CC=CCC2C1=O. The van der Waals surface area contributed by atoms with Crippen molar-refractivity contribution in [2.45, 2.75) is 39.2 Å². The summed E-state index contributed by atoms with van der Waals surface area (Å²) in [6.07, 6.45) is 5.28. The fraction of sp³-hybridized carbons (Fsp3) is 0.500. The van der Waals surface area contributed by atoms with Crippen molar-refractivity contribution >= 4 is 29.1 Å². The molecule has 3 rings (SSSR count). The summed E-state index contributed by atoms with van der Waals surface area (Å²) in [5.74, 6) is -1.55. The van der Waals surface area contributed by atoms with E-state index in [2.05, 4.69) is 10.6 Å². The molecule has 1 aromatic rings. The van der Waals surface area contributed by atoms with Crippen molar-refractivity contribution in [3.05, 3.63) is 46.5 Å². The first-order valence-corrected chi connectivity index (χ1v) is 10.6. The number of likely N-dealkylation sites (tertiary alicyclic amines) is 1. The number of nitrogens with one attached hydrogen (secondary N) is 2. The topological polar surface area (TPSA) is 122 Å². The lowest BCUT2D eigenvalue weighted by Gasteiger charge is -2.27. The van der Waals surface area contributed by atoms with Gasteiger partial charge in [-0.3, -0.25) is 29.4 Å². The summed E-state index contributed by atoms with van der Waals surface area (Å²) < 4.78 is 0. The van der Waals surface area contributed by atoms with E-state index in [1.54, 1.807) is 18.2 Å². The number of anilines is 1. The number of nitro groups is 1. The summed E-state index contributed by atoms with van der Waals surface area (Å²) in [7, 11) is 0. The zero-order valence-corrected chi connectivity index (χ0v) is 17.7. The van der Waals surface area contributed by atoms with Gasteiger partial charge in [0.15, 0.2) is 0 Å². The van der Waals surface area contributed by atoms with Gasteiger partial charge in [0, 0.05) is 19.2 Å². The summed E-state index contributed by atoms with van der Waals surface area (Å²) in [4.78, 5) is 50.6. The maximum atomic E-state index is 12.9. The van der Waals surface area contributed by atoms with Crippen LogP contribution >= 0.6 is 0 Å². The number of nitrogens with zero attached hydrogens (tertiary/aromatic N) is 2. The van der Waals surface area contributed by atoms with Crippen LogP contribution in [0.25, 0.3) is 0 Å². The minimum absolute atomic E-state index is 0.0454. The van der Waals surface area contributed by atoms with Gasteiger partial charge in [0.2, 0.25) is 17.7 Å².